The number of ether oxygens (including phenoxy) is 1. The first-order valence-electron chi connectivity index (χ1n) is 7.93. The summed E-state index contributed by atoms with van der Waals surface area (Å²) >= 11 is 5.91. The molecule has 0 bridgehead atoms. The van der Waals surface area contributed by atoms with Gasteiger partial charge in [0, 0.05) is 17.6 Å². The Labute approximate surface area is 137 Å². The second kappa shape index (κ2) is 8.51. The molecule has 1 fully saturated rings. The Bertz CT molecular complexity index is 470. The van der Waals surface area contributed by atoms with Gasteiger partial charge >= 0.3 is 5.97 Å². The first-order valence-corrected chi connectivity index (χ1v) is 8.30. The minimum Gasteiger partial charge on any atom is -0.468 e. The van der Waals surface area contributed by atoms with E-state index >= 15 is 0 Å². The molecular weight excluding hydrogens is 300 g/mol. The molecule has 0 spiro atoms. The molecule has 0 saturated carbocycles. The number of carbonyl (C=O) groups is 1. The Hall–Kier alpha value is -1.10. The van der Waals surface area contributed by atoms with E-state index in [1.165, 1.54) is 12.7 Å². The fourth-order valence-electron chi connectivity index (χ4n) is 2.89. The maximum Gasteiger partial charge on any atom is 0.322 e. The van der Waals surface area contributed by atoms with Crippen molar-refractivity contribution >= 4 is 17.6 Å². The first kappa shape index (κ1) is 17.3. The van der Waals surface area contributed by atoms with Gasteiger partial charge in [-0.1, -0.05) is 30.7 Å². The molecule has 1 heterocycles. The highest BCUT2D eigenvalue weighted by Gasteiger charge is 2.24. The zero-order chi connectivity index (χ0) is 15.9. The summed E-state index contributed by atoms with van der Waals surface area (Å²) in [6, 6.07) is 8.25. The van der Waals surface area contributed by atoms with Crippen molar-refractivity contribution in [3.63, 3.8) is 0 Å². The lowest BCUT2D eigenvalue weighted by atomic mass is 10.0. The molecule has 122 valence electrons. The lowest BCUT2D eigenvalue weighted by Gasteiger charge is -2.34. The number of carbonyl (C=O) groups excluding carboxylic acids is 1. The van der Waals surface area contributed by atoms with E-state index in [1.54, 1.807) is 0 Å². The summed E-state index contributed by atoms with van der Waals surface area (Å²) in [6.07, 6.45) is 2.87. The SMILES string of the molecule is CCC(NC1CCN(Cc2ccc(Cl)cc2)CC1)C(=O)OC. The predicted molar refractivity (Wildman–Crippen MR) is 89.0 cm³/mol. The number of likely N-dealkylation sites (tertiary alicyclic amines) is 1. The van der Waals surface area contributed by atoms with Crippen LogP contribution in [-0.4, -0.2) is 43.2 Å². The van der Waals surface area contributed by atoms with Crippen molar-refractivity contribution < 1.29 is 9.53 Å². The van der Waals surface area contributed by atoms with Crippen LogP contribution in [0.2, 0.25) is 5.02 Å². The Morgan fingerprint density at radius 2 is 2.00 bits per heavy atom. The fourth-order valence-corrected chi connectivity index (χ4v) is 3.01. The van der Waals surface area contributed by atoms with Crippen molar-refractivity contribution in [3.8, 4) is 0 Å². The standard InChI is InChI=1S/C17H25ClN2O2/c1-3-16(17(21)22-2)19-15-8-10-20(11-9-15)12-13-4-6-14(18)7-5-13/h4-7,15-16,19H,3,8-12H2,1-2H3. The van der Waals surface area contributed by atoms with E-state index in [0.29, 0.717) is 6.04 Å². The van der Waals surface area contributed by atoms with Crippen LogP contribution >= 0.6 is 11.6 Å². The minimum atomic E-state index is -0.183. The molecule has 1 atom stereocenters. The molecule has 1 aromatic rings. The van der Waals surface area contributed by atoms with Crippen molar-refractivity contribution in [2.45, 2.75) is 44.8 Å². The third-order valence-corrected chi connectivity index (χ3v) is 4.49. The van der Waals surface area contributed by atoms with Crippen molar-refractivity contribution in [2.75, 3.05) is 20.2 Å². The summed E-state index contributed by atoms with van der Waals surface area (Å²) in [6.45, 7) is 5.04. The summed E-state index contributed by atoms with van der Waals surface area (Å²) in [7, 11) is 1.45. The van der Waals surface area contributed by atoms with Crippen LogP contribution < -0.4 is 5.32 Å². The number of benzene rings is 1. The molecule has 0 amide bonds. The summed E-state index contributed by atoms with van der Waals surface area (Å²) in [5.41, 5.74) is 1.29. The van der Waals surface area contributed by atoms with Gasteiger partial charge in [0.2, 0.25) is 0 Å². The van der Waals surface area contributed by atoms with Gasteiger partial charge in [-0.2, -0.15) is 0 Å². The highest BCUT2D eigenvalue weighted by Crippen LogP contribution is 2.16. The topological polar surface area (TPSA) is 41.6 Å². The number of halogens is 1. The van der Waals surface area contributed by atoms with Crippen molar-refractivity contribution in [2.24, 2.45) is 0 Å². The van der Waals surface area contributed by atoms with Crippen molar-refractivity contribution in [1.29, 1.82) is 0 Å². The van der Waals surface area contributed by atoms with E-state index in [1.807, 2.05) is 19.1 Å². The Morgan fingerprint density at radius 3 is 2.55 bits per heavy atom. The number of esters is 1. The third-order valence-electron chi connectivity index (χ3n) is 4.24. The molecule has 4 nitrogen and oxygen atoms in total. The highest BCUT2D eigenvalue weighted by atomic mass is 35.5. The maximum absolute atomic E-state index is 11.6. The molecule has 22 heavy (non-hydrogen) atoms. The van der Waals surface area contributed by atoms with Gasteiger partial charge in [-0.15, -0.1) is 0 Å². The van der Waals surface area contributed by atoms with E-state index in [4.69, 9.17) is 16.3 Å². The Kier molecular flexibility index (Phi) is 6.68. The monoisotopic (exact) mass is 324 g/mol. The van der Waals surface area contributed by atoms with Crippen molar-refractivity contribution in [3.05, 3.63) is 34.9 Å². The van der Waals surface area contributed by atoms with Crippen LogP contribution in [0.4, 0.5) is 0 Å². The second-order valence-electron chi connectivity index (χ2n) is 5.83. The molecular formula is C17H25ClN2O2. The van der Waals surface area contributed by atoms with E-state index < -0.39 is 0 Å². The number of nitrogens with one attached hydrogen (secondary N) is 1. The van der Waals surface area contributed by atoms with E-state index in [0.717, 1.165) is 43.9 Å². The number of methoxy groups -OCH3 is 1. The summed E-state index contributed by atoms with van der Waals surface area (Å²) in [5.74, 6) is -0.161. The number of hydrogen-bond acceptors (Lipinski definition) is 4. The number of nitrogens with zero attached hydrogens (tertiary/aromatic N) is 1. The maximum atomic E-state index is 11.6. The quantitative estimate of drug-likeness (QED) is 0.817. The van der Waals surface area contributed by atoms with E-state index in [2.05, 4.69) is 22.3 Å². The van der Waals surface area contributed by atoms with Crippen LogP contribution in [0.15, 0.2) is 24.3 Å². The number of rotatable bonds is 6. The fraction of sp³-hybridized carbons (Fsp3) is 0.588. The van der Waals surface area contributed by atoms with Crippen LogP contribution in [0, 0.1) is 0 Å². The molecule has 0 radical (unpaired) electrons. The van der Waals surface area contributed by atoms with Crippen LogP contribution in [-0.2, 0) is 16.1 Å². The zero-order valence-electron chi connectivity index (χ0n) is 13.3. The summed E-state index contributed by atoms with van der Waals surface area (Å²) < 4.78 is 4.83. The minimum absolute atomic E-state index is 0.161. The molecule has 1 aliphatic heterocycles. The molecule has 5 heteroatoms. The van der Waals surface area contributed by atoms with E-state index in [-0.39, 0.29) is 12.0 Å². The van der Waals surface area contributed by atoms with Gasteiger partial charge in [0.1, 0.15) is 6.04 Å². The smallest absolute Gasteiger partial charge is 0.322 e. The van der Waals surface area contributed by atoms with Crippen LogP contribution in [0.25, 0.3) is 0 Å². The molecule has 1 N–H and O–H groups in total. The molecule has 0 aliphatic carbocycles. The average Bonchev–Trinajstić information content (AvgIpc) is 2.55. The van der Waals surface area contributed by atoms with Gasteiger partial charge in [0.15, 0.2) is 0 Å². The van der Waals surface area contributed by atoms with Gasteiger partial charge < -0.3 is 10.1 Å². The molecule has 1 saturated heterocycles. The lowest BCUT2D eigenvalue weighted by molar-refractivity contribution is -0.143. The van der Waals surface area contributed by atoms with Crippen LogP contribution in [0.1, 0.15) is 31.7 Å². The van der Waals surface area contributed by atoms with E-state index in [9.17, 15) is 4.79 Å². The Morgan fingerprint density at radius 1 is 1.36 bits per heavy atom. The zero-order valence-corrected chi connectivity index (χ0v) is 14.1. The van der Waals surface area contributed by atoms with Gasteiger partial charge in [-0.05, 0) is 50.0 Å². The molecule has 0 aromatic heterocycles. The van der Waals surface area contributed by atoms with Crippen molar-refractivity contribution in [1.82, 2.24) is 10.2 Å². The van der Waals surface area contributed by atoms with Gasteiger partial charge in [0.05, 0.1) is 7.11 Å². The Balaban J connectivity index is 1.77. The summed E-state index contributed by atoms with van der Waals surface area (Å²) in [4.78, 5) is 14.1. The third kappa shape index (κ3) is 4.97. The molecule has 2 rings (SSSR count). The van der Waals surface area contributed by atoms with Crippen LogP contribution in [0.3, 0.4) is 0 Å². The highest BCUT2D eigenvalue weighted by molar-refractivity contribution is 6.30. The molecule has 1 unspecified atom stereocenters. The van der Waals surface area contributed by atoms with Gasteiger partial charge in [-0.3, -0.25) is 9.69 Å². The average molecular weight is 325 g/mol. The number of hydrogen-bond donors (Lipinski definition) is 1. The lowest BCUT2D eigenvalue weighted by Crippen LogP contribution is -2.48. The normalized spacial score (nSPS) is 18.1. The van der Waals surface area contributed by atoms with Gasteiger partial charge in [-0.25, -0.2) is 0 Å². The summed E-state index contributed by atoms with van der Waals surface area (Å²) in [5, 5.41) is 4.21. The van der Waals surface area contributed by atoms with Gasteiger partial charge in [0.25, 0.3) is 0 Å². The largest absolute Gasteiger partial charge is 0.468 e. The number of piperidine rings is 1. The molecule has 1 aliphatic rings. The first-order chi connectivity index (χ1) is 10.6. The molecule has 1 aromatic carbocycles. The van der Waals surface area contributed by atoms with Crippen LogP contribution in [0.5, 0.6) is 0 Å². The second-order valence-corrected chi connectivity index (χ2v) is 6.26. The predicted octanol–water partition coefficient (Wildman–Crippen LogP) is 2.85.